The maximum Gasteiger partial charge on any atom is 0.428 e. The minimum absolute atomic E-state index is 0.0405. The summed E-state index contributed by atoms with van der Waals surface area (Å²) in [5.41, 5.74) is 1.87. The number of hydrazone groups is 1. The van der Waals surface area contributed by atoms with Crippen LogP contribution in [-0.2, 0) is 10.9 Å². The molecular weight excluding hydrogens is 311 g/mol. The van der Waals surface area contributed by atoms with Gasteiger partial charge >= 0.3 is 12.3 Å². The number of carbonyl (C=O) groups excluding carboxylic acids is 1. The molecule has 1 aliphatic heterocycles. The summed E-state index contributed by atoms with van der Waals surface area (Å²) in [7, 11) is 0. The van der Waals surface area contributed by atoms with Crippen LogP contribution >= 0.6 is 0 Å². The van der Waals surface area contributed by atoms with E-state index < -0.39 is 17.8 Å². The molecule has 0 aromatic heterocycles. The van der Waals surface area contributed by atoms with E-state index in [4.69, 9.17) is 4.74 Å². The van der Waals surface area contributed by atoms with Crippen LogP contribution in [0.25, 0.3) is 0 Å². The molecule has 5 nitrogen and oxygen atoms in total. The monoisotopic (exact) mass is 329 g/mol. The molecule has 0 bridgehead atoms. The summed E-state index contributed by atoms with van der Waals surface area (Å²) in [6.45, 7) is 2.35. The van der Waals surface area contributed by atoms with Crippen LogP contribution in [0.4, 0.5) is 23.7 Å². The molecule has 1 amide bonds. The second kappa shape index (κ2) is 7.34. The number of cyclic esters (lactones) is 1. The molecule has 0 saturated heterocycles. The van der Waals surface area contributed by atoms with Crippen molar-refractivity contribution in [2.75, 3.05) is 18.5 Å². The summed E-state index contributed by atoms with van der Waals surface area (Å²) in [6.07, 6.45) is -2.44. The molecule has 1 heterocycles. The van der Waals surface area contributed by atoms with Gasteiger partial charge in [0.15, 0.2) is 0 Å². The summed E-state index contributed by atoms with van der Waals surface area (Å²) in [4.78, 5) is 10.9. The van der Waals surface area contributed by atoms with Gasteiger partial charge in [-0.15, -0.1) is 0 Å². The number of halogens is 3. The van der Waals surface area contributed by atoms with E-state index >= 15 is 0 Å². The second-order valence-corrected chi connectivity index (χ2v) is 5.14. The molecule has 0 spiro atoms. The van der Waals surface area contributed by atoms with Crippen molar-refractivity contribution in [1.29, 1.82) is 0 Å². The van der Waals surface area contributed by atoms with Crippen LogP contribution in [0.5, 0.6) is 0 Å². The van der Waals surface area contributed by atoms with E-state index in [-0.39, 0.29) is 23.6 Å². The molecule has 1 aromatic rings. The number of amides is 1. The maximum absolute atomic E-state index is 13.3. The van der Waals surface area contributed by atoms with Gasteiger partial charge in [-0.25, -0.2) is 10.2 Å². The van der Waals surface area contributed by atoms with Crippen LogP contribution in [-0.4, -0.2) is 25.0 Å². The van der Waals surface area contributed by atoms with Gasteiger partial charge in [0, 0.05) is 17.8 Å². The number of hydrogen-bond acceptors (Lipinski definition) is 4. The molecule has 0 unspecified atom stereocenters. The van der Waals surface area contributed by atoms with Crippen molar-refractivity contribution in [3.05, 3.63) is 29.3 Å². The number of anilines is 1. The van der Waals surface area contributed by atoms with Crippen LogP contribution in [0.3, 0.4) is 0 Å². The fraction of sp³-hybridized carbons (Fsp3) is 0.467. The molecule has 1 aliphatic rings. The van der Waals surface area contributed by atoms with Gasteiger partial charge in [-0.05, 0) is 18.6 Å². The van der Waals surface area contributed by atoms with Crippen LogP contribution in [0.15, 0.2) is 23.3 Å². The van der Waals surface area contributed by atoms with E-state index in [9.17, 15) is 18.0 Å². The lowest BCUT2D eigenvalue weighted by Gasteiger charge is -2.18. The summed E-state index contributed by atoms with van der Waals surface area (Å²) in [6, 6.07) is 3.92. The zero-order chi connectivity index (χ0) is 16.9. The average molecular weight is 329 g/mol. The summed E-state index contributed by atoms with van der Waals surface area (Å²) in [5.74, 6) is 0. The van der Waals surface area contributed by atoms with Gasteiger partial charge in [-0.1, -0.05) is 25.8 Å². The van der Waals surface area contributed by atoms with Crippen molar-refractivity contribution < 1.29 is 22.7 Å². The summed E-state index contributed by atoms with van der Waals surface area (Å²) < 4.78 is 44.5. The molecule has 0 fully saturated rings. The number of rotatable bonds is 6. The van der Waals surface area contributed by atoms with Crippen LogP contribution < -0.4 is 10.7 Å². The first-order valence-electron chi connectivity index (χ1n) is 7.36. The lowest BCUT2D eigenvalue weighted by Crippen LogP contribution is -2.30. The minimum Gasteiger partial charge on any atom is -0.442 e. The Morgan fingerprint density at radius 2 is 2.13 bits per heavy atom. The number of nitrogens with one attached hydrogen (secondary N) is 2. The molecule has 0 atom stereocenters. The van der Waals surface area contributed by atoms with Gasteiger partial charge in [0.05, 0.1) is 5.56 Å². The Morgan fingerprint density at radius 3 is 2.74 bits per heavy atom. The number of alkyl halides is 3. The first-order valence-corrected chi connectivity index (χ1v) is 7.36. The summed E-state index contributed by atoms with van der Waals surface area (Å²) in [5, 5.41) is 6.56. The quantitative estimate of drug-likeness (QED) is 0.781. The number of benzene rings is 1. The topological polar surface area (TPSA) is 62.7 Å². The Kier molecular flexibility index (Phi) is 5.46. The largest absolute Gasteiger partial charge is 0.442 e. The van der Waals surface area contributed by atoms with Crippen molar-refractivity contribution in [3.63, 3.8) is 0 Å². The number of carbonyl (C=O) groups is 1. The molecule has 0 saturated carbocycles. The molecule has 8 heteroatoms. The van der Waals surface area contributed by atoms with Crippen molar-refractivity contribution in [1.82, 2.24) is 5.43 Å². The number of ether oxygens (including phenoxy) is 1. The van der Waals surface area contributed by atoms with Crippen LogP contribution in [0.1, 0.15) is 37.3 Å². The Bertz CT molecular complexity index is 600. The number of unbranched alkanes of at least 4 members (excludes halogenated alkanes) is 2. The van der Waals surface area contributed by atoms with Crippen LogP contribution in [0, 0.1) is 0 Å². The van der Waals surface area contributed by atoms with Gasteiger partial charge in [0.2, 0.25) is 0 Å². The molecule has 23 heavy (non-hydrogen) atoms. The highest BCUT2D eigenvalue weighted by atomic mass is 19.4. The fourth-order valence-corrected chi connectivity index (χ4v) is 2.17. The highest BCUT2D eigenvalue weighted by Crippen LogP contribution is 2.35. The van der Waals surface area contributed by atoms with E-state index in [1.54, 1.807) is 0 Å². The van der Waals surface area contributed by atoms with Gasteiger partial charge in [-0.3, -0.25) is 0 Å². The fourth-order valence-electron chi connectivity index (χ4n) is 2.17. The van der Waals surface area contributed by atoms with E-state index in [0.717, 1.165) is 25.3 Å². The molecule has 126 valence electrons. The van der Waals surface area contributed by atoms with E-state index in [0.29, 0.717) is 6.54 Å². The zero-order valence-corrected chi connectivity index (χ0v) is 12.7. The molecule has 0 aliphatic carbocycles. The third-order valence-electron chi connectivity index (χ3n) is 3.38. The van der Waals surface area contributed by atoms with Crippen molar-refractivity contribution in [2.45, 2.75) is 32.4 Å². The minimum atomic E-state index is -4.48. The molecule has 1 aromatic carbocycles. The zero-order valence-electron chi connectivity index (χ0n) is 12.7. The maximum atomic E-state index is 13.3. The first-order chi connectivity index (χ1) is 10.9. The summed E-state index contributed by atoms with van der Waals surface area (Å²) >= 11 is 0. The smallest absolute Gasteiger partial charge is 0.428 e. The van der Waals surface area contributed by atoms with Gasteiger partial charge in [0.25, 0.3) is 0 Å². The van der Waals surface area contributed by atoms with E-state index in [1.807, 2.05) is 6.92 Å². The molecule has 2 rings (SSSR count). The van der Waals surface area contributed by atoms with Gasteiger partial charge < -0.3 is 10.1 Å². The van der Waals surface area contributed by atoms with Gasteiger partial charge in [-0.2, -0.15) is 18.3 Å². The normalized spacial score (nSPS) is 14.8. The van der Waals surface area contributed by atoms with E-state index in [1.165, 1.54) is 12.1 Å². The SMILES string of the molecule is CCCCCNc1ccc(C2=NNC(=O)OC2)cc1C(F)(F)F. The van der Waals surface area contributed by atoms with Crippen molar-refractivity contribution >= 4 is 17.5 Å². The lowest BCUT2D eigenvalue weighted by molar-refractivity contribution is -0.137. The first kappa shape index (κ1) is 17.1. The second-order valence-electron chi connectivity index (χ2n) is 5.14. The standard InChI is InChI=1S/C15H18F3N3O2/c1-2-3-4-7-19-12-6-5-10(8-11(12)15(16,17)18)13-9-23-14(22)21-20-13/h5-6,8,19H,2-4,7,9H2,1H3,(H,21,22). The molecule has 2 N–H and O–H groups in total. The third-order valence-corrected chi connectivity index (χ3v) is 3.38. The Balaban J connectivity index is 2.22. The van der Waals surface area contributed by atoms with Crippen molar-refractivity contribution in [2.24, 2.45) is 5.10 Å². The number of nitrogens with zero attached hydrogens (tertiary/aromatic N) is 1. The Morgan fingerprint density at radius 1 is 1.35 bits per heavy atom. The highest BCUT2D eigenvalue weighted by Gasteiger charge is 2.34. The average Bonchev–Trinajstić information content (AvgIpc) is 2.51. The third kappa shape index (κ3) is 4.61. The molecular formula is C15H18F3N3O2. The predicted octanol–water partition coefficient (Wildman–Crippen LogP) is 3.75. The van der Waals surface area contributed by atoms with Crippen molar-refractivity contribution in [3.8, 4) is 0 Å². The number of hydrogen-bond donors (Lipinski definition) is 2. The van der Waals surface area contributed by atoms with Gasteiger partial charge in [0.1, 0.15) is 12.3 Å². The Hall–Kier alpha value is -2.25. The molecule has 0 radical (unpaired) electrons. The van der Waals surface area contributed by atoms with E-state index in [2.05, 4.69) is 15.8 Å². The lowest BCUT2D eigenvalue weighted by atomic mass is 10.0. The Labute approximate surface area is 131 Å². The highest BCUT2D eigenvalue weighted by molar-refractivity contribution is 6.04. The van der Waals surface area contributed by atoms with Crippen LogP contribution in [0.2, 0.25) is 0 Å². The predicted molar refractivity (Wildman–Crippen MR) is 80.5 cm³/mol.